The summed E-state index contributed by atoms with van der Waals surface area (Å²) < 4.78 is 7.50. The number of hydrogen-bond acceptors (Lipinski definition) is 2. The lowest BCUT2D eigenvalue weighted by molar-refractivity contribution is 0.0564. The highest BCUT2D eigenvalue weighted by Gasteiger charge is 2.16. The van der Waals surface area contributed by atoms with Crippen molar-refractivity contribution in [3.8, 4) is 5.69 Å². The Labute approximate surface area is 146 Å². The lowest BCUT2D eigenvalue weighted by Crippen LogP contribution is -2.43. The van der Waals surface area contributed by atoms with Crippen LogP contribution < -0.4 is 5.32 Å². The molecule has 128 valence electrons. The number of carbonyl (C=O) groups is 1. The molecule has 5 heteroatoms. The molecule has 2 heterocycles. The van der Waals surface area contributed by atoms with Crippen LogP contribution in [0.25, 0.3) is 16.6 Å². The van der Waals surface area contributed by atoms with Crippen LogP contribution >= 0.6 is 0 Å². The van der Waals surface area contributed by atoms with E-state index in [4.69, 9.17) is 4.74 Å². The third-order valence-corrected chi connectivity index (χ3v) is 4.57. The number of amides is 2. The molecule has 0 bridgehead atoms. The molecule has 25 heavy (non-hydrogen) atoms. The third kappa shape index (κ3) is 3.10. The van der Waals surface area contributed by atoms with Crippen molar-refractivity contribution in [2.75, 3.05) is 31.6 Å². The first kappa shape index (κ1) is 15.7. The number of fused-ring (bicyclic) bond motifs is 1. The standard InChI is InChI=1S/C20H21N3O2/c1-15-14-16-4-2-3-5-19(16)23(15)18-8-6-17(7-9-18)21-20(24)22-10-12-25-13-11-22/h2-9,14H,10-13H2,1H3,(H,21,24). The molecule has 0 radical (unpaired) electrons. The summed E-state index contributed by atoms with van der Waals surface area (Å²) in [6.45, 7) is 4.59. The van der Waals surface area contributed by atoms with Crippen molar-refractivity contribution in [1.82, 2.24) is 9.47 Å². The van der Waals surface area contributed by atoms with Crippen molar-refractivity contribution in [2.45, 2.75) is 6.92 Å². The molecule has 4 rings (SSSR count). The van der Waals surface area contributed by atoms with Gasteiger partial charge in [0.25, 0.3) is 0 Å². The lowest BCUT2D eigenvalue weighted by atomic mass is 10.2. The molecule has 0 unspecified atom stereocenters. The van der Waals surface area contributed by atoms with E-state index in [1.807, 2.05) is 24.3 Å². The van der Waals surface area contributed by atoms with Crippen LogP contribution in [0, 0.1) is 6.92 Å². The number of ether oxygens (including phenoxy) is 1. The van der Waals surface area contributed by atoms with Gasteiger partial charge in [-0.1, -0.05) is 18.2 Å². The van der Waals surface area contributed by atoms with Crippen LogP contribution in [0.4, 0.5) is 10.5 Å². The molecule has 0 aliphatic carbocycles. The molecule has 3 aromatic rings. The van der Waals surface area contributed by atoms with Gasteiger partial charge in [-0.15, -0.1) is 0 Å². The van der Waals surface area contributed by atoms with E-state index in [0.29, 0.717) is 26.3 Å². The Morgan fingerprint density at radius 1 is 1.04 bits per heavy atom. The number of hydrogen-bond donors (Lipinski definition) is 1. The second-order valence-electron chi connectivity index (χ2n) is 6.26. The van der Waals surface area contributed by atoms with Crippen LogP contribution in [-0.4, -0.2) is 41.8 Å². The molecule has 2 aromatic carbocycles. The summed E-state index contributed by atoms with van der Waals surface area (Å²) in [5.41, 5.74) is 4.26. The van der Waals surface area contributed by atoms with E-state index in [0.717, 1.165) is 11.4 Å². The second-order valence-corrected chi connectivity index (χ2v) is 6.26. The van der Waals surface area contributed by atoms with Crippen molar-refractivity contribution >= 4 is 22.6 Å². The Morgan fingerprint density at radius 3 is 2.52 bits per heavy atom. The fourth-order valence-corrected chi connectivity index (χ4v) is 3.30. The van der Waals surface area contributed by atoms with Crippen molar-refractivity contribution in [3.63, 3.8) is 0 Å². The van der Waals surface area contributed by atoms with Gasteiger partial charge in [0.05, 0.1) is 18.7 Å². The Hall–Kier alpha value is -2.79. The minimum atomic E-state index is -0.0707. The van der Waals surface area contributed by atoms with Crippen LogP contribution in [0.3, 0.4) is 0 Å². The van der Waals surface area contributed by atoms with E-state index in [1.165, 1.54) is 16.6 Å². The highest BCUT2D eigenvalue weighted by atomic mass is 16.5. The Bertz CT molecular complexity index is 893. The number of carbonyl (C=O) groups excluding carboxylic acids is 1. The first-order chi connectivity index (χ1) is 12.2. The fraction of sp³-hybridized carbons (Fsp3) is 0.250. The van der Waals surface area contributed by atoms with Gasteiger partial charge in [-0.3, -0.25) is 0 Å². The summed E-state index contributed by atoms with van der Waals surface area (Å²) in [7, 11) is 0. The van der Waals surface area contributed by atoms with Gasteiger partial charge >= 0.3 is 6.03 Å². The smallest absolute Gasteiger partial charge is 0.321 e. The van der Waals surface area contributed by atoms with Crippen LogP contribution in [-0.2, 0) is 4.74 Å². The number of nitrogens with one attached hydrogen (secondary N) is 1. The maximum absolute atomic E-state index is 12.3. The van der Waals surface area contributed by atoms with E-state index >= 15 is 0 Å². The van der Waals surface area contributed by atoms with E-state index in [-0.39, 0.29) is 6.03 Å². The molecule has 1 saturated heterocycles. The Balaban J connectivity index is 1.55. The molecule has 2 amide bonds. The average molecular weight is 335 g/mol. The van der Waals surface area contributed by atoms with E-state index in [2.05, 4.69) is 47.1 Å². The number of aromatic nitrogens is 1. The molecular weight excluding hydrogens is 314 g/mol. The maximum atomic E-state index is 12.3. The van der Waals surface area contributed by atoms with Gasteiger partial charge in [0.15, 0.2) is 0 Å². The molecule has 1 aliphatic rings. The first-order valence-electron chi connectivity index (χ1n) is 8.53. The Morgan fingerprint density at radius 2 is 1.76 bits per heavy atom. The highest BCUT2D eigenvalue weighted by molar-refractivity contribution is 5.89. The zero-order chi connectivity index (χ0) is 17.2. The fourth-order valence-electron chi connectivity index (χ4n) is 3.30. The molecular formula is C20H21N3O2. The molecule has 1 aromatic heterocycles. The number of morpholine rings is 1. The van der Waals surface area contributed by atoms with Crippen LogP contribution in [0.2, 0.25) is 0 Å². The normalized spacial score (nSPS) is 14.7. The van der Waals surface area contributed by atoms with Gasteiger partial charge in [-0.2, -0.15) is 0 Å². The van der Waals surface area contributed by atoms with Crippen molar-refractivity contribution in [2.24, 2.45) is 0 Å². The number of benzene rings is 2. The molecule has 1 N–H and O–H groups in total. The number of nitrogens with zero attached hydrogens (tertiary/aromatic N) is 2. The van der Waals surface area contributed by atoms with Gasteiger partial charge < -0.3 is 19.5 Å². The van der Waals surface area contributed by atoms with E-state index in [9.17, 15) is 4.79 Å². The zero-order valence-corrected chi connectivity index (χ0v) is 14.2. The average Bonchev–Trinajstić information content (AvgIpc) is 2.99. The predicted molar refractivity (Wildman–Crippen MR) is 99.4 cm³/mol. The largest absolute Gasteiger partial charge is 0.378 e. The summed E-state index contributed by atoms with van der Waals surface area (Å²) in [5, 5.41) is 4.18. The number of urea groups is 1. The molecule has 5 nitrogen and oxygen atoms in total. The third-order valence-electron chi connectivity index (χ3n) is 4.57. The number of aryl methyl sites for hydroxylation is 1. The monoisotopic (exact) mass is 335 g/mol. The first-order valence-corrected chi connectivity index (χ1v) is 8.53. The zero-order valence-electron chi connectivity index (χ0n) is 14.2. The number of anilines is 1. The molecule has 0 atom stereocenters. The van der Waals surface area contributed by atoms with Gasteiger partial charge in [0, 0.05) is 35.5 Å². The van der Waals surface area contributed by atoms with Gasteiger partial charge in [0.2, 0.25) is 0 Å². The summed E-state index contributed by atoms with van der Waals surface area (Å²) >= 11 is 0. The van der Waals surface area contributed by atoms with E-state index < -0.39 is 0 Å². The molecule has 1 aliphatic heterocycles. The van der Waals surface area contributed by atoms with Crippen molar-refractivity contribution in [3.05, 3.63) is 60.3 Å². The Kier molecular flexibility index (Phi) is 4.15. The molecule has 0 spiro atoms. The van der Waals surface area contributed by atoms with Crippen molar-refractivity contribution in [1.29, 1.82) is 0 Å². The molecule has 1 fully saturated rings. The van der Waals surface area contributed by atoms with Gasteiger partial charge in [-0.05, 0) is 43.3 Å². The predicted octanol–water partition coefficient (Wildman–Crippen LogP) is 3.80. The van der Waals surface area contributed by atoms with Crippen LogP contribution in [0.1, 0.15) is 5.69 Å². The molecule has 0 saturated carbocycles. The van der Waals surface area contributed by atoms with Gasteiger partial charge in [0.1, 0.15) is 0 Å². The SMILES string of the molecule is Cc1cc2ccccc2n1-c1ccc(NC(=O)N2CCOCC2)cc1. The summed E-state index contributed by atoms with van der Waals surface area (Å²) in [6.07, 6.45) is 0. The van der Waals surface area contributed by atoms with Crippen LogP contribution in [0.5, 0.6) is 0 Å². The van der Waals surface area contributed by atoms with Crippen molar-refractivity contribution < 1.29 is 9.53 Å². The lowest BCUT2D eigenvalue weighted by Gasteiger charge is -2.26. The van der Waals surface area contributed by atoms with Crippen LogP contribution in [0.15, 0.2) is 54.6 Å². The topological polar surface area (TPSA) is 46.5 Å². The second kappa shape index (κ2) is 6.61. The number of rotatable bonds is 2. The summed E-state index contributed by atoms with van der Waals surface area (Å²) in [4.78, 5) is 14.0. The minimum Gasteiger partial charge on any atom is -0.378 e. The van der Waals surface area contributed by atoms with E-state index in [1.54, 1.807) is 4.90 Å². The van der Waals surface area contributed by atoms with Gasteiger partial charge in [-0.25, -0.2) is 4.79 Å². The summed E-state index contributed by atoms with van der Waals surface area (Å²) in [5.74, 6) is 0. The number of para-hydroxylation sites is 1. The minimum absolute atomic E-state index is 0.0707. The summed E-state index contributed by atoms with van der Waals surface area (Å²) in [6, 6.07) is 18.4. The quantitative estimate of drug-likeness (QED) is 0.774. The maximum Gasteiger partial charge on any atom is 0.321 e. The highest BCUT2D eigenvalue weighted by Crippen LogP contribution is 2.24.